The molecule has 2 aromatic rings. The topological polar surface area (TPSA) is 96.3 Å². The molecular formula is C20H30N4O2. The maximum absolute atomic E-state index is 6.00. The molecule has 26 heavy (non-hydrogen) atoms. The number of anilines is 2. The highest BCUT2D eigenvalue weighted by Crippen LogP contribution is 2.30. The molecule has 0 aliphatic heterocycles. The lowest BCUT2D eigenvalue weighted by Crippen LogP contribution is -2.05. The van der Waals surface area contributed by atoms with Crippen LogP contribution < -0.4 is 20.9 Å². The van der Waals surface area contributed by atoms with E-state index in [2.05, 4.69) is 23.8 Å². The number of hydrogen-bond acceptors (Lipinski definition) is 6. The Morgan fingerprint density at radius 2 is 1.73 bits per heavy atom. The molecule has 1 aromatic heterocycles. The third-order valence-corrected chi connectivity index (χ3v) is 4.04. The monoisotopic (exact) mass is 358 g/mol. The van der Waals surface area contributed by atoms with Crippen molar-refractivity contribution in [2.75, 3.05) is 24.7 Å². The van der Waals surface area contributed by atoms with Gasteiger partial charge in [-0.1, -0.05) is 39.2 Å². The fraction of sp³-hybridized carbons (Fsp3) is 0.500. The quantitative estimate of drug-likeness (QED) is 0.590. The number of ether oxygens (including phenoxy) is 2. The summed E-state index contributed by atoms with van der Waals surface area (Å²) in [7, 11) is 0. The van der Waals surface area contributed by atoms with Crippen molar-refractivity contribution in [1.29, 1.82) is 0 Å². The number of unbranched alkanes of at least 4 members (excludes halogenated alkanes) is 3. The number of hydrogen-bond donors (Lipinski definition) is 2. The van der Waals surface area contributed by atoms with Gasteiger partial charge in [0.15, 0.2) is 11.5 Å². The van der Waals surface area contributed by atoms with Gasteiger partial charge in [-0.05, 0) is 30.5 Å². The molecule has 0 fully saturated rings. The number of nitrogen functional groups attached to an aromatic ring is 2. The summed E-state index contributed by atoms with van der Waals surface area (Å²) in [6.07, 6.45) is 7.92. The van der Waals surface area contributed by atoms with E-state index in [0.717, 1.165) is 35.5 Å². The highest BCUT2D eigenvalue weighted by atomic mass is 16.5. The van der Waals surface area contributed by atoms with E-state index < -0.39 is 0 Å². The van der Waals surface area contributed by atoms with Gasteiger partial charge in [0, 0.05) is 18.2 Å². The molecule has 0 unspecified atom stereocenters. The Bertz CT molecular complexity index is 692. The fourth-order valence-corrected chi connectivity index (χ4v) is 2.61. The van der Waals surface area contributed by atoms with Crippen molar-refractivity contribution >= 4 is 11.8 Å². The number of nitrogens with two attached hydrogens (primary N) is 2. The van der Waals surface area contributed by atoms with Crippen molar-refractivity contribution in [1.82, 2.24) is 9.97 Å². The Hall–Kier alpha value is -2.50. The van der Waals surface area contributed by atoms with Gasteiger partial charge in [-0.15, -0.1) is 0 Å². The average molecular weight is 358 g/mol. The number of aromatic nitrogens is 2. The Morgan fingerprint density at radius 3 is 2.46 bits per heavy atom. The second kappa shape index (κ2) is 10.5. The molecule has 2 rings (SSSR count). The second-order valence-electron chi connectivity index (χ2n) is 6.35. The lowest BCUT2D eigenvalue weighted by molar-refractivity contribution is 0.263. The minimum absolute atomic E-state index is 0.186. The fourth-order valence-electron chi connectivity index (χ4n) is 2.61. The van der Waals surface area contributed by atoms with E-state index in [1.165, 1.54) is 19.3 Å². The largest absolute Gasteiger partial charge is 0.490 e. The van der Waals surface area contributed by atoms with Crippen LogP contribution in [0.1, 0.15) is 57.1 Å². The minimum Gasteiger partial charge on any atom is -0.490 e. The van der Waals surface area contributed by atoms with E-state index in [1.54, 1.807) is 6.20 Å². The number of benzene rings is 1. The van der Waals surface area contributed by atoms with Crippen molar-refractivity contribution < 1.29 is 9.47 Å². The summed E-state index contributed by atoms with van der Waals surface area (Å²) in [5, 5.41) is 0. The first-order valence-corrected chi connectivity index (χ1v) is 9.39. The molecule has 4 N–H and O–H groups in total. The van der Waals surface area contributed by atoms with E-state index in [4.69, 9.17) is 20.9 Å². The standard InChI is InChI=1S/C20H30N4O2/c1-3-5-6-7-11-26-18-13-15(8-9-17(18)25-10-4-2)12-16-14-23-20(22)24-19(16)21/h8-9,13-14H,3-7,10-12H2,1-2H3,(H4,21,22,23,24). The first-order valence-electron chi connectivity index (χ1n) is 9.39. The molecule has 1 heterocycles. The zero-order valence-electron chi connectivity index (χ0n) is 15.8. The maximum atomic E-state index is 6.00. The molecular weight excluding hydrogens is 328 g/mol. The molecule has 6 nitrogen and oxygen atoms in total. The smallest absolute Gasteiger partial charge is 0.221 e. The third-order valence-electron chi connectivity index (χ3n) is 4.04. The molecule has 0 aliphatic rings. The van der Waals surface area contributed by atoms with Crippen molar-refractivity contribution in [3.63, 3.8) is 0 Å². The van der Waals surface area contributed by atoms with Crippen LogP contribution in [0.2, 0.25) is 0 Å². The summed E-state index contributed by atoms with van der Waals surface area (Å²) < 4.78 is 11.8. The summed E-state index contributed by atoms with van der Waals surface area (Å²) >= 11 is 0. The molecule has 0 bridgehead atoms. The Labute approximate surface area is 155 Å². The van der Waals surface area contributed by atoms with Gasteiger partial charge in [0.05, 0.1) is 13.2 Å². The van der Waals surface area contributed by atoms with Crippen LogP contribution in [0.25, 0.3) is 0 Å². The summed E-state index contributed by atoms with van der Waals surface area (Å²) in [6, 6.07) is 5.99. The SMILES string of the molecule is CCCCCCOc1cc(Cc2cnc(N)nc2N)ccc1OCCC. The number of nitrogens with zero attached hydrogens (tertiary/aromatic N) is 2. The van der Waals surface area contributed by atoms with E-state index in [-0.39, 0.29) is 5.95 Å². The molecule has 0 saturated heterocycles. The third kappa shape index (κ3) is 6.10. The Morgan fingerprint density at radius 1 is 0.923 bits per heavy atom. The Kier molecular flexibility index (Phi) is 7.99. The summed E-state index contributed by atoms with van der Waals surface area (Å²) in [5.74, 6) is 2.16. The highest BCUT2D eigenvalue weighted by Gasteiger charge is 2.10. The molecule has 142 valence electrons. The van der Waals surface area contributed by atoms with Crippen LogP contribution in [-0.4, -0.2) is 23.2 Å². The van der Waals surface area contributed by atoms with Crippen LogP contribution in [-0.2, 0) is 6.42 Å². The summed E-state index contributed by atoms with van der Waals surface area (Å²) in [4.78, 5) is 8.04. The summed E-state index contributed by atoms with van der Waals surface area (Å²) in [6.45, 7) is 5.65. The van der Waals surface area contributed by atoms with Gasteiger partial charge < -0.3 is 20.9 Å². The van der Waals surface area contributed by atoms with Gasteiger partial charge in [0.2, 0.25) is 5.95 Å². The maximum Gasteiger partial charge on any atom is 0.221 e. The van der Waals surface area contributed by atoms with Crippen LogP contribution in [0.4, 0.5) is 11.8 Å². The van der Waals surface area contributed by atoms with Crippen molar-refractivity contribution in [2.45, 2.75) is 52.4 Å². The van der Waals surface area contributed by atoms with Gasteiger partial charge in [0.1, 0.15) is 5.82 Å². The zero-order valence-corrected chi connectivity index (χ0v) is 15.8. The first-order chi connectivity index (χ1) is 12.6. The van der Waals surface area contributed by atoms with Gasteiger partial charge in [0.25, 0.3) is 0 Å². The van der Waals surface area contributed by atoms with Crippen LogP contribution in [0, 0.1) is 0 Å². The van der Waals surface area contributed by atoms with Crippen molar-refractivity contribution in [3.8, 4) is 11.5 Å². The van der Waals surface area contributed by atoms with Crippen LogP contribution >= 0.6 is 0 Å². The lowest BCUT2D eigenvalue weighted by Gasteiger charge is -2.14. The molecule has 0 atom stereocenters. The number of rotatable bonds is 11. The van der Waals surface area contributed by atoms with Gasteiger partial charge >= 0.3 is 0 Å². The Balaban J connectivity index is 2.10. The van der Waals surface area contributed by atoms with Crippen LogP contribution in [0.5, 0.6) is 11.5 Å². The van der Waals surface area contributed by atoms with Crippen LogP contribution in [0.15, 0.2) is 24.4 Å². The highest BCUT2D eigenvalue weighted by molar-refractivity contribution is 5.48. The van der Waals surface area contributed by atoms with Crippen molar-refractivity contribution in [3.05, 3.63) is 35.5 Å². The summed E-state index contributed by atoms with van der Waals surface area (Å²) in [5.41, 5.74) is 13.4. The molecule has 6 heteroatoms. The van der Waals surface area contributed by atoms with Crippen molar-refractivity contribution in [2.24, 2.45) is 0 Å². The zero-order chi connectivity index (χ0) is 18.8. The molecule has 1 aromatic carbocycles. The van der Waals surface area contributed by atoms with E-state index >= 15 is 0 Å². The lowest BCUT2D eigenvalue weighted by atomic mass is 10.1. The van der Waals surface area contributed by atoms with Gasteiger partial charge in [-0.25, -0.2) is 4.98 Å². The average Bonchev–Trinajstić information content (AvgIpc) is 2.63. The van der Waals surface area contributed by atoms with E-state index in [9.17, 15) is 0 Å². The van der Waals surface area contributed by atoms with Crippen LogP contribution in [0.3, 0.4) is 0 Å². The molecule has 0 radical (unpaired) electrons. The molecule has 0 saturated carbocycles. The predicted molar refractivity (Wildman–Crippen MR) is 106 cm³/mol. The second-order valence-corrected chi connectivity index (χ2v) is 6.35. The van der Waals surface area contributed by atoms with E-state index in [0.29, 0.717) is 25.5 Å². The normalized spacial score (nSPS) is 10.7. The minimum atomic E-state index is 0.186. The van der Waals surface area contributed by atoms with Gasteiger partial charge in [-0.2, -0.15) is 4.98 Å². The first kappa shape index (κ1) is 19.8. The molecule has 0 amide bonds. The predicted octanol–water partition coefficient (Wildman–Crippen LogP) is 3.98. The van der Waals surface area contributed by atoms with Gasteiger partial charge in [-0.3, -0.25) is 0 Å². The molecule has 0 aliphatic carbocycles. The van der Waals surface area contributed by atoms with E-state index in [1.807, 2.05) is 18.2 Å². The molecule has 0 spiro atoms.